The van der Waals surface area contributed by atoms with Gasteiger partial charge in [0.05, 0.1) is 0 Å². The number of rotatable bonds is 1. The van der Waals surface area contributed by atoms with E-state index < -0.39 is 31.5 Å². The molecule has 13 heavy (non-hydrogen) atoms. The normalized spacial score (nSPS) is 53.1. The lowest BCUT2D eigenvalue weighted by molar-refractivity contribution is 0.175. The van der Waals surface area contributed by atoms with Gasteiger partial charge in [0.2, 0.25) is 0 Å². The molecule has 1 saturated heterocycles. The van der Waals surface area contributed by atoms with E-state index in [4.69, 9.17) is 12.3 Å². The third kappa shape index (κ3) is 3.62. The van der Waals surface area contributed by atoms with Gasteiger partial charge in [0, 0.05) is 44.5 Å². The highest BCUT2D eigenvalue weighted by Crippen LogP contribution is 2.23. The van der Waals surface area contributed by atoms with Crippen LogP contribution in [0.15, 0.2) is 0 Å². The highest BCUT2D eigenvalue weighted by atomic mass is 35.5. The molecule has 1 saturated carbocycles. The van der Waals surface area contributed by atoms with Gasteiger partial charge in [-0.1, -0.05) is 12.7 Å². The molecule has 2 fully saturated rings. The first kappa shape index (κ1) is 4.56. The predicted molar refractivity (Wildman–Crippen MR) is 61.2 cm³/mol. The number of hydrogen-bond acceptors (Lipinski definition) is 2. The van der Waals surface area contributed by atoms with Crippen molar-refractivity contribution in [3.05, 3.63) is 0 Å². The van der Waals surface area contributed by atoms with E-state index >= 15 is 0 Å². The summed E-state index contributed by atoms with van der Waals surface area (Å²) in [6, 6.07) is -2.62. The third-order valence-corrected chi connectivity index (χ3v) is 1.86. The first-order valence-electron chi connectivity index (χ1n) is 8.31. The van der Waals surface area contributed by atoms with Crippen molar-refractivity contribution in [2.45, 2.75) is 31.5 Å². The highest BCUT2D eigenvalue weighted by molar-refractivity contribution is 5.85. The SMILES string of the molecule is Cl.Cl.[2H]C1([2H])C([2H])([2H])C([2H])([2H])C([2H])(N2CCNCC2)C1([2H])[2H]. The van der Waals surface area contributed by atoms with Crippen molar-refractivity contribution in [1.82, 2.24) is 10.2 Å². The molecule has 0 spiro atoms. The molecule has 0 bridgehead atoms. The summed E-state index contributed by atoms with van der Waals surface area (Å²) < 4.78 is 71.1. The Morgan fingerprint density at radius 3 is 2.23 bits per heavy atom. The van der Waals surface area contributed by atoms with Gasteiger partial charge in [-0.15, -0.1) is 24.8 Å². The minimum atomic E-state index is -3.10. The molecule has 0 aromatic carbocycles. The van der Waals surface area contributed by atoms with E-state index in [9.17, 15) is 0 Å². The van der Waals surface area contributed by atoms with E-state index in [0.717, 1.165) is 0 Å². The Kier molecular flexibility index (Phi) is 2.42. The summed E-state index contributed by atoms with van der Waals surface area (Å²) >= 11 is 0. The zero-order valence-corrected chi connectivity index (χ0v) is 8.73. The average molecular weight is 236 g/mol. The summed E-state index contributed by atoms with van der Waals surface area (Å²) in [5.41, 5.74) is 0. The zero-order chi connectivity index (χ0) is 15.6. The Hall–Kier alpha value is 0.500. The fourth-order valence-corrected chi connectivity index (χ4v) is 1.26. The summed E-state index contributed by atoms with van der Waals surface area (Å²) in [6.45, 7) is 1.21. The van der Waals surface area contributed by atoms with Crippen LogP contribution in [0.25, 0.3) is 0 Å². The predicted octanol–water partition coefficient (Wildman–Crippen LogP) is 1.68. The Morgan fingerprint density at radius 1 is 1.15 bits per heavy atom. The van der Waals surface area contributed by atoms with Crippen molar-refractivity contribution >= 4 is 24.8 Å². The Morgan fingerprint density at radius 2 is 1.69 bits per heavy atom. The van der Waals surface area contributed by atoms with E-state index in [1.807, 2.05) is 0 Å². The minimum absolute atomic E-state index is 0. The van der Waals surface area contributed by atoms with Crippen LogP contribution in [0.1, 0.15) is 37.8 Å². The smallest absolute Gasteiger partial charge is 0.0467 e. The topological polar surface area (TPSA) is 15.3 Å². The van der Waals surface area contributed by atoms with E-state index in [0.29, 0.717) is 13.1 Å². The van der Waals surface area contributed by atoms with Crippen molar-refractivity contribution in [2.24, 2.45) is 0 Å². The second-order valence-corrected chi connectivity index (χ2v) is 2.59. The van der Waals surface area contributed by atoms with Gasteiger partial charge in [0.15, 0.2) is 0 Å². The molecule has 1 N–H and O–H groups in total. The summed E-state index contributed by atoms with van der Waals surface area (Å²) in [4.78, 5) is 1.21. The lowest BCUT2D eigenvalue weighted by Gasteiger charge is -2.32. The van der Waals surface area contributed by atoms with Crippen LogP contribution in [-0.2, 0) is 0 Å². The van der Waals surface area contributed by atoms with Gasteiger partial charge < -0.3 is 5.32 Å². The fourth-order valence-electron chi connectivity index (χ4n) is 1.26. The van der Waals surface area contributed by atoms with Crippen LogP contribution in [0.2, 0.25) is 0 Å². The van der Waals surface area contributed by atoms with Crippen molar-refractivity contribution in [3.8, 4) is 0 Å². The Balaban J connectivity index is 0.00000220. The number of nitrogens with zero attached hydrogens (tertiary/aromatic N) is 1. The molecule has 1 heterocycles. The maximum Gasteiger partial charge on any atom is 0.0467 e. The lowest BCUT2D eigenvalue weighted by Crippen LogP contribution is -2.47. The van der Waals surface area contributed by atoms with Gasteiger partial charge in [-0.2, -0.15) is 0 Å². The first-order valence-corrected chi connectivity index (χ1v) is 3.81. The molecule has 80 valence electrons. The molecule has 4 heteroatoms. The summed E-state index contributed by atoms with van der Waals surface area (Å²) in [5, 5.41) is 2.99. The van der Waals surface area contributed by atoms with Gasteiger partial charge in [-0.25, -0.2) is 0 Å². The number of nitrogens with one attached hydrogen (secondary N) is 1. The lowest BCUT2D eigenvalue weighted by atomic mass is 10.2. The molecule has 0 radical (unpaired) electrons. The monoisotopic (exact) mass is 235 g/mol. The van der Waals surface area contributed by atoms with Crippen molar-refractivity contribution < 1.29 is 12.3 Å². The standard InChI is InChI=1S/C9H18N2.2ClH/c1-2-4-9(3-1)11-7-5-10-6-8-11;;/h9-10H,1-8H2;2*1H/i1D2,2D2,3D2,4D2,9D;;. The van der Waals surface area contributed by atoms with Crippen LogP contribution in [0.4, 0.5) is 0 Å². The molecule has 0 unspecified atom stereocenters. The molecule has 0 aromatic heterocycles. The molecule has 0 aromatic rings. The minimum Gasteiger partial charge on any atom is -0.314 e. The van der Waals surface area contributed by atoms with Gasteiger partial charge >= 0.3 is 0 Å². The molecule has 0 atom stereocenters. The van der Waals surface area contributed by atoms with Gasteiger partial charge in [-0.05, 0) is 12.7 Å². The summed E-state index contributed by atoms with van der Waals surface area (Å²) in [7, 11) is 0. The third-order valence-electron chi connectivity index (χ3n) is 1.86. The number of piperazine rings is 1. The van der Waals surface area contributed by atoms with Crippen LogP contribution in [0.5, 0.6) is 0 Å². The molecule has 1 aliphatic heterocycles. The molecule has 2 rings (SSSR count). The quantitative estimate of drug-likeness (QED) is 0.745. The first-order chi connectivity index (χ1) is 8.86. The molecule has 0 amide bonds. The second-order valence-electron chi connectivity index (χ2n) is 2.59. The van der Waals surface area contributed by atoms with E-state index in [-0.39, 0.29) is 37.9 Å². The second kappa shape index (κ2) is 6.88. The van der Waals surface area contributed by atoms with Gasteiger partial charge in [-0.3, -0.25) is 4.90 Å². The van der Waals surface area contributed by atoms with E-state index in [1.54, 1.807) is 0 Å². The van der Waals surface area contributed by atoms with Crippen LogP contribution in [0.3, 0.4) is 0 Å². The Labute approximate surface area is 106 Å². The molecular weight excluding hydrogens is 207 g/mol. The van der Waals surface area contributed by atoms with E-state index in [2.05, 4.69) is 5.32 Å². The summed E-state index contributed by atoms with van der Waals surface area (Å²) in [6.07, 6.45) is -12.2. The van der Waals surface area contributed by atoms with Crippen LogP contribution in [-0.4, -0.2) is 37.1 Å². The molecule has 1 aliphatic carbocycles. The zero-order valence-electron chi connectivity index (χ0n) is 16.1. The van der Waals surface area contributed by atoms with Gasteiger partial charge in [0.25, 0.3) is 0 Å². The molecular formula is C9H20Cl2N2. The maximum absolute atomic E-state index is 8.36. The van der Waals surface area contributed by atoms with Crippen LogP contribution < -0.4 is 5.32 Å². The largest absolute Gasteiger partial charge is 0.314 e. The van der Waals surface area contributed by atoms with Gasteiger partial charge in [0.1, 0.15) is 0 Å². The Bertz CT molecular complexity index is 386. The average Bonchev–Trinajstić information content (AvgIpc) is 2.41. The van der Waals surface area contributed by atoms with E-state index in [1.165, 1.54) is 4.90 Å². The fraction of sp³-hybridized carbons (Fsp3) is 1.00. The maximum atomic E-state index is 8.36. The molecule has 2 aliphatic rings. The van der Waals surface area contributed by atoms with Crippen molar-refractivity contribution in [2.75, 3.05) is 26.2 Å². The van der Waals surface area contributed by atoms with Crippen LogP contribution >= 0.6 is 24.8 Å². The highest BCUT2D eigenvalue weighted by Gasteiger charge is 2.22. The summed E-state index contributed by atoms with van der Waals surface area (Å²) in [5.74, 6) is 0. The van der Waals surface area contributed by atoms with Crippen molar-refractivity contribution in [1.29, 1.82) is 0 Å². The number of hydrogen-bond donors (Lipinski definition) is 1. The molecule has 2 nitrogen and oxygen atoms in total. The van der Waals surface area contributed by atoms with Crippen molar-refractivity contribution in [3.63, 3.8) is 0 Å². The van der Waals surface area contributed by atoms with Crippen LogP contribution in [0, 0.1) is 0 Å². The number of halogens is 2.